The molecule has 0 bridgehead atoms. The molecule has 2 aromatic rings. The minimum absolute atomic E-state index is 0.0486. The quantitative estimate of drug-likeness (QED) is 0.484. The molecule has 0 aliphatic carbocycles. The summed E-state index contributed by atoms with van der Waals surface area (Å²) >= 11 is 1.47. The topological polar surface area (TPSA) is 95.6 Å². The van der Waals surface area contributed by atoms with Crippen LogP contribution in [0.2, 0.25) is 0 Å². The van der Waals surface area contributed by atoms with Gasteiger partial charge in [0.15, 0.2) is 5.16 Å². The molecule has 21 heavy (non-hydrogen) atoms. The molecule has 0 spiro atoms. The smallest absolute Gasteiger partial charge is 0.270 e. The maximum absolute atomic E-state index is 12.0. The number of nitrogens with one attached hydrogen (secondary N) is 1. The largest absolute Gasteiger partial charge is 0.330 e. The van der Waals surface area contributed by atoms with Crippen molar-refractivity contribution in [3.63, 3.8) is 0 Å². The number of H-pyrrole nitrogens is 1. The van der Waals surface area contributed by atoms with Crippen LogP contribution >= 0.6 is 11.8 Å². The lowest BCUT2D eigenvalue weighted by molar-refractivity contribution is 0.811. The van der Waals surface area contributed by atoms with Crippen LogP contribution < -0.4 is 11.3 Å². The molecular weight excluding hydrogens is 284 g/mol. The molecule has 1 heterocycles. The molecule has 1 aromatic heterocycles. The lowest BCUT2D eigenvalue weighted by Gasteiger charge is -2.06. The van der Waals surface area contributed by atoms with E-state index in [0.29, 0.717) is 17.4 Å². The molecule has 3 N–H and O–H groups in total. The van der Waals surface area contributed by atoms with Crippen LogP contribution in [0.3, 0.4) is 0 Å². The highest BCUT2D eigenvalue weighted by molar-refractivity contribution is 7.99. The van der Waals surface area contributed by atoms with E-state index in [0.717, 1.165) is 24.2 Å². The van der Waals surface area contributed by atoms with E-state index < -0.39 is 5.56 Å². The molecule has 0 saturated heterocycles. The van der Waals surface area contributed by atoms with Gasteiger partial charge in [0.25, 0.3) is 5.56 Å². The Kier molecular flexibility index (Phi) is 5.55. The van der Waals surface area contributed by atoms with Gasteiger partial charge in [-0.25, -0.2) is 4.98 Å². The predicted molar refractivity (Wildman–Crippen MR) is 84.0 cm³/mol. The van der Waals surface area contributed by atoms with E-state index in [9.17, 15) is 4.79 Å². The van der Waals surface area contributed by atoms with E-state index in [-0.39, 0.29) is 5.56 Å². The number of hydrogen-bond donors (Lipinski definition) is 2. The van der Waals surface area contributed by atoms with E-state index in [4.69, 9.17) is 11.0 Å². The van der Waals surface area contributed by atoms with Crippen molar-refractivity contribution in [3.05, 3.63) is 46.2 Å². The van der Waals surface area contributed by atoms with Crippen LogP contribution in [0.1, 0.15) is 18.4 Å². The number of nitrogens with two attached hydrogens (primary N) is 1. The zero-order valence-corrected chi connectivity index (χ0v) is 12.3. The Morgan fingerprint density at radius 3 is 2.71 bits per heavy atom. The zero-order chi connectivity index (χ0) is 15.1. The van der Waals surface area contributed by atoms with Crippen molar-refractivity contribution < 1.29 is 0 Å². The first-order valence-electron chi connectivity index (χ1n) is 6.69. The van der Waals surface area contributed by atoms with Gasteiger partial charge in [0.2, 0.25) is 0 Å². The van der Waals surface area contributed by atoms with Crippen LogP contribution in [0, 0.1) is 11.3 Å². The minimum atomic E-state index is -0.396. The number of thioether (sulfide) groups is 1. The summed E-state index contributed by atoms with van der Waals surface area (Å²) in [6.45, 7) is 0.660. The molecule has 6 heteroatoms. The Hall–Kier alpha value is -2.10. The number of aromatic nitrogens is 2. The summed E-state index contributed by atoms with van der Waals surface area (Å²) in [5.41, 5.74) is 6.31. The van der Waals surface area contributed by atoms with E-state index >= 15 is 0 Å². The van der Waals surface area contributed by atoms with Crippen LogP contribution in [0.25, 0.3) is 11.3 Å². The Morgan fingerprint density at radius 2 is 2.05 bits per heavy atom. The Morgan fingerprint density at radius 1 is 1.29 bits per heavy atom. The van der Waals surface area contributed by atoms with Crippen molar-refractivity contribution in [2.75, 3.05) is 12.3 Å². The molecule has 2 rings (SSSR count). The van der Waals surface area contributed by atoms with E-state index in [1.165, 1.54) is 11.8 Å². The van der Waals surface area contributed by atoms with Gasteiger partial charge < -0.3 is 10.7 Å². The average Bonchev–Trinajstić information content (AvgIpc) is 2.52. The first-order valence-corrected chi connectivity index (χ1v) is 7.67. The third-order valence-electron chi connectivity index (χ3n) is 2.89. The molecule has 0 atom stereocenters. The zero-order valence-electron chi connectivity index (χ0n) is 11.5. The highest BCUT2D eigenvalue weighted by atomic mass is 32.2. The fourth-order valence-corrected chi connectivity index (χ4v) is 2.71. The van der Waals surface area contributed by atoms with E-state index in [2.05, 4.69) is 9.97 Å². The molecule has 0 radical (unpaired) electrons. The maximum atomic E-state index is 12.0. The fourth-order valence-electron chi connectivity index (χ4n) is 1.84. The van der Waals surface area contributed by atoms with Gasteiger partial charge in [-0.2, -0.15) is 5.26 Å². The van der Waals surface area contributed by atoms with Crippen LogP contribution in [-0.2, 0) is 0 Å². The molecule has 0 fully saturated rings. The molecule has 5 nitrogen and oxygen atoms in total. The van der Waals surface area contributed by atoms with Gasteiger partial charge in [-0.05, 0) is 19.4 Å². The molecule has 0 unspecified atom stereocenters. The van der Waals surface area contributed by atoms with Gasteiger partial charge in [0.05, 0.1) is 5.69 Å². The number of hydrogen-bond acceptors (Lipinski definition) is 5. The number of rotatable bonds is 6. The van der Waals surface area contributed by atoms with Crippen molar-refractivity contribution in [2.24, 2.45) is 5.73 Å². The number of nitriles is 1. The number of nitrogens with zero attached hydrogens (tertiary/aromatic N) is 2. The maximum Gasteiger partial charge on any atom is 0.270 e. The predicted octanol–water partition coefficient (Wildman–Crippen LogP) is 2.14. The first-order chi connectivity index (χ1) is 10.3. The second kappa shape index (κ2) is 7.62. The summed E-state index contributed by atoms with van der Waals surface area (Å²) in [5, 5.41) is 9.70. The number of aromatic amines is 1. The SMILES string of the molecule is N#Cc1c(-c2ccccc2)nc(SCCCCN)[nH]c1=O. The minimum Gasteiger partial charge on any atom is -0.330 e. The van der Waals surface area contributed by atoms with Crippen LogP contribution in [-0.4, -0.2) is 22.3 Å². The Labute approximate surface area is 127 Å². The van der Waals surface area contributed by atoms with E-state index in [1.54, 1.807) is 0 Å². The molecule has 0 amide bonds. The molecule has 108 valence electrons. The highest BCUT2D eigenvalue weighted by Crippen LogP contribution is 2.22. The fraction of sp³-hybridized carbons (Fsp3) is 0.267. The molecule has 1 aromatic carbocycles. The lowest BCUT2D eigenvalue weighted by Crippen LogP contribution is -2.14. The van der Waals surface area contributed by atoms with Gasteiger partial charge in [-0.15, -0.1) is 0 Å². The molecule has 0 saturated carbocycles. The molecule has 0 aliphatic heterocycles. The van der Waals surface area contributed by atoms with Gasteiger partial charge in [0, 0.05) is 11.3 Å². The monoisotopic (exact) mass is 300 g/mol. The van der Waals surface area contributed by atoms with Crippen LogP contribution in [0.5, 0.6) is 0 Å². The lowest BCUT2D eigenvalue weighted by atomic mass is 10.1. The molecule has 0 aliphatic rings. The summed E-state index contributed by atoms with van der Waals surface area (Å²) < 4.78 is 0. The van der Waals surface area contributed by atoms with Crippen molar-refractivity contribution in [2.45, 2.75) is 18.0 Å². The number of benzene rings is 1. The first kappa shape index (κ1) is 15.3. The van der Waals surface area contributed by atoms with Gasteiger partial charge in [-0.1, -0.05) is 42.1 Å². The average molecular weight is 300 g/mol. The normalized spacial score (nSPS) is 10.3. The van der Waals surface area contributed by atoms with E-state index in [1.807, 2.05) is 36.4 Å². The number of unbranched alkanes of at least 4 members (excludes halogenated alkanes) is 1. The van der Waals surface area contributed by atoms with Crippen molar-refractivity contribution in [1.82, 2.24) is 9.97 Å². The van der Waals surface area contributed by atoms with Crippen molar-refractivity contribution in [3.8, 4) is 17.3 Å². The summed E-state index contributed by atoms with van der Waals surface area (Å²) in [5.74, 6) is 0.834. The van der Waals surface area contributed by atoms with Crippen molar-refractivity contribution >= 4 is 11.8 Å². The van der Waals surface area contributed by atoms with Crippen LogP contribution in [0.15, 0.2) is 40.3 Å². The molecular formula is C15H16N4OS. The summed E-state index contributed by atoms with van der Waals surface area (Å²) in [6.07, 6.45) is 1.91. The second-order valence-electron chi connectivity index (χ2n) is 4.42. The van der Waals surface area contributed by atoms with Crippen molar-refractivity contribution in [1.29, 1.82) is 5.26 Å². The highest BCUT2D eigenvalue weighted by Gasteiger charge is 2.13. The second-order valence-corrected chi connectivity index (χ2v) is 5.50. The van der Waals surface area contributed by atoms with Gasteiger partial charge >= 0.3 is 0 Å². The Bertz CT molecular complexity index is 691. The third kappa shape index (κ3) is 3.94. The Balaban J connectivity index is 2.33. The van der Waals surface area contributed by atoms with Gasteiger partial charge in [0.1, 0.15) is 11.6 Å². The van der Waals surface area contributed by atoms with Crippen LogP contribution in [0.4, 0.5) is 0 Å². The summed E-state index contributed by atoms with van der Waals surface area (Å²) in [4.78, 5) is 19.1. The standard InChI is InChI=1S/C15H16N4OS/c16-8-4-5-9-21-15-18-13(11-6-2-1-3-7-11)12(10-17)14(20)19-15/h1-3,6-7H,4-5,8-9,16H2,(H,18,19,20). The van der Waals surface area contributed by atoms with Gasteiger partial charge in [-0.3, -0.25) is 4.79 Å². The summed E-state index contributed by atoms with van der Waals surface area (Å²) in [6, 6.07) is 11.2. The summed E-state index contributed by atoms with van der Waals surface area (Å²) in [7, 11) is 0. The third-order valence-corrected chi connectivity index (χ3v) is 3.85.